The highest BCUT2D eigenvalue weighted by atomic mass is 19.4. The van der Waals surface area contributed by atoms with Crippen LogP contribution >= 0.6 is 0 Å². The molecule has 0 N–H and O–H groups in total. The second kappa shape index (κ2) is 6.82. The molecule has 0 unspecified atom stereocenters. The molecule has 104 valence electrons. The molecule has 3 nitrogen and oxygen atoms in total. The first-order valence-corrected chi connectivity index (χ1v) is 5.57. The van der Waals surface area contributed by atoms with Gasteiger partial charge in [0.05, 0.1) is 12.2 Å². The lowest BCUT2D eigenvalue weighted by molar-refractivity contribution is -0.138. The van der Waals surface area contributed by atoms with Crippen LogP contribution in [0.2, 0.25) is 0 Å². The van der Waals surface area contributed by atoms with Crippen LogP contribution in [0.4, 0.5) is 13.2 Å². The Bertz CT molecular complexity index is 453. The summed E-state index contributed by atoms with van der Waals surface area (Å²) in [6.45, 7) is 1.92. The van der Waals surface area contributed by atoms with Gasteiger partial charge in [0.2, 0.25) is 0 Å². The molecule has 1 aromatic carbocycles. The van der Waals surface area contributed by atoms with Crippen molar-refractivity contribution in [2.45, 2.75) is 13.1 Å². The first-order valence-electron chi connectivity index (χ1n) is 5.57. The predicted octanol–water partition coefficient (Wildman–Crippen LogP) is 3.20. The lowest BCUT2D eigenvalue weighted by Crippen LogP contribution is -2.05. The Morgan fingerprint density at radius 3 is 2.74 bits per heavy atom. The number of alkyl halides is 3. The van der Waals surface area contributed by atoms with Gasteiger partial charge in [-0.1, -0.05) is 6.07 Å². The van der Waals surface area contributed by atoms with E-state index in [1.54, 1.807) is 6.92 Å². The SMILES string of the molecule is CCOC(=O)/C=C/COc1cccc(C(F)(F)F)c1. The van der Waals surface area contributed by atoms with Crippen molar-refractivity contribution < 1.29 is 27.4 Å². The van der Waals surface area contributed by atoms with Crippen LogP contribution in [0.5, 0.6) is 5.75 Å². The Hall–Kier alpha value is -1.98. The van der Waals surface area contributed by atoms with Crippen LogP contribution in [0.25, 0.3) is 0 Å². The van der Waals surface area contributed by atoms with E-state index in [1.807, 2.05) is 0 Å². The molecule has 0 fully saturated rings. The van der Waals surface area contributed by atoms with Crippen LogP contribution in [0, 0.1) is 0 Å². The van der Waals surface area contributed by atoms with Crippen molar-refractivity contribution in [2.24, 2.45) is 0 Å². The fourth-order valence-electron chi connectivity index (χ4n) is 1.24. The summed E-state index contributed by atoms with van der Waals surface area (Å²) in [7, 11) is 0. The van der Waals surface area contributed by atoms with Gasteiger partial charge in [-0.25, -0.2) is 4.79 Å². The van der Waals surface area contributed by atoms with Gasteiger partial charge in [0, 0.05) is 6.08 Å². The van der Waals surface area contributed by atoms with Gasteiger partial charge in [-0.15, -0.1) is 0 Å². The highest BCUT2D eigenvalue weighted by molar-refractivity contribution is 5.81. The normalized spacial score (nSPS) is 11.6. The number of carbonyl (C=O) groups is 1. The zero-order valence-electron chi connectivity index (χ0n) is 10.2. The summed E-state index contributed by atoms with van der Waals surface area (Å²) in [5.41, 5.74) is -0.778. The van der Waals surface area contributed by atoms with E-state index >= 15 is 0 Å². The molecule has 0 heterocycles. The largest absolute Gasteiger partial charge is 0.490 e. The summed E-state index contributed by atoms with van der Waals surface area (Å²) in [5, 5.41) is 0. The van der Waals surface area contributed by atoms with Gasteiger partial charge in [-0.05, 0) is 31.2 Å². The lowest BCUT2D eigenvalue weighted by Gasteiger charge is -2.08. The van der Waals surface area contributed by atoms with Crippen molar-refractivity contribution in [3.05, 3.63) is 42.0 Å². The third-order valence-electron chi connectivity index (χ3n) is 2.05. The second-order valence-electron chi connectivity index (χ2n) is 3.49. The quantitative estimate of drug-likeness (QED) is 0.611. The fraction of sp³-hybridized carbons (Fsp3) is 0.308. The van der Waals surface area contributed by atoms with Gasteiger partial charge < -0.3 is 9.47 Å². The van der Waals surface area contributed by atoms with E-state index in [9.17, 15) is 18.0 Å². The van der Waals surface area contributed by atoms with Crippen molar-refractivity contribution >= 4 is 5.97 Å². The van der Waals surface area contributed by atoms with Gasteiger partial charge >= 0.3 is 12.1 Å². The molecule has 0 aromatic heterocycles. The number of ether oxygens (including phenoxy) is 2. The topological polar surface area (TPSA) is 35.5 Å². The highest BCUT2D eigenvalue weighted by Gasteiger charge is 2.30. The summed E-state index contributed by atoms with van der Waals surface area (Å²) in [6.07, 6.45) is -1.87. The zero-order valence-corrected chi connectivity index (χ0v) is 10.2. The van der Waals surface area contributed by atoms with Crippen LogP contribution in [-0.4, -0.2) is 19.2 Å². The first-order chi connectivity index (χ1) is 8.93. The maximum Gasteiger partial charge on any atom is 0.416 e. The first kappa shape index (κ1) is 15.1. The smallest absolute Gasteiger partial charge is 0.416 e. The molecule has 0 radical (unpaired) electrons. The van der Waals surface area contributed by atoms with Crippen molar-refractivity contribution in [2.75, 3.05) is 13.2 Å². The highest BCUT2D eigenvalue weighted by Crippen LogP contribution is 2.31. The third kappa shape index (κ3) is 5.46. The Kier molecular flexibility index (Phi) is 5.41. The maximum atomic E-state index is 12.4. The average Bonchev–Trinajstić information content (AvgIpc) is 2.34. The average molecular weight is 274 g/mol. The van der Waals surface area contributed by atoms with E-state index in [1.165, 1.54) is 18.2 Å². The van der Waals surface area contributed by atoms with Crippen LogP contribution in [0.1, 0.15) is 12.5 Å². The molecule has 0 bridgehead atoms. The van der Waals surface area contributed by atoms with Crippen LogP contribution in [-0.2, 0) is 15.7 Å². The van der Waals surface area contributed by atoms with Gasteiger partial charge in [0.25, 0.3) is 0 Å². The third-order valence-corrected chi connectivity index (χ3v) is 2.05. The summed E-state index contributed by atoms with van der Waals surface area (Å²) in [4.78, 5) is 10.9. The molecule has 0 saturated carbocycles. The number of hydrogen-bond acceptors (Lipinski definition) is 3. The number of carbonyl (C=O) groups excluding carboxylic acids is 1. The van der Waals surface area contributed by atoms with Gasteiger partial charge in [-0.3, -0.25) is 0 Å². The Labute approximate surface area is 108 Å². The van der Waals surface area contributed by atoms with E-state index < -0.39 is 17.7 Å². The van der Waals surface area contributed by atoms with Crippen LogP contribution in [0.15, 0.2) is 36.4 Å². The van der Waals surface area contributed by atoms with Crippen LogP contribution in [0.3, 0.4) is 0 Å². The molecule has 0 atom stereocenters. The monoisotopic (exact) mass is 274 g/mol. The fourth-order valence-corrected chi connectivity index (χ4v) is 1.24. The van der Waals surface area contributed by atoms with Crippen LogP contribution < -0.4 is 4.74 Å². The molecule has 1 aromatic rings. The van der Waals surface area contributed by atoms with E-state index in [2.05, 4.69) is 4.74 Å². The number of esters is 1. The van der Waals surface area contributed by atoms with Crippen molar-refractivity contribution in [1.29, 1.82) is 0 Å². The molecular formula is C13H13F3O3. The van der Waals surface area contributed by atoms with E-state index in [0.29, 0.717) is 0 Å². The molecule has 0 saturated heterocycles. The van der Waals surface area contributed by atoms with E-state index in [0.717, 1.165) is 18.2 Å². The zero-order chi connectivity index (χ0) is 14.3. The summed E-state index contributed by atoms with van der Waals surface area (Å²) < 4.78 is 47.0. The standard InChI is InChI=1S/C13H13F3O3/c1-2-18-12(17)7-4-8-19-11-6-3-5-10(9-11)13(14,15)16/h3-7,9H,2,8H2,1H3/b7-4+. The summed E-state index contributed by atoms with van der Waals surface area (Å²) >= 11 is 0. The maximum absolute atomic E-state index is 12.4. The molecule has 1 rings (SSSR count). The Balaban J connectivity index is 2.52. The molecule has 0 aliphatic rings. The lowest BCUT2D eigenvalue weighted by atomic mass is 10.2. The molecule has 6 heteroatoms. The Morgan fingerprint density at radius 1 is 1.37 bits per heavy atom. The molecular weight excluding hydrogens is 261 g/mol. The molecule has 0 spiro atoms. The number of hydrogen-bond donors (Lipinski definition) is 0. The minimum Gasteiger partial charge on any atom is -0.490 e. The minimum atomic E-state index is -4.40. The molecule has 0 amide bonds. The molecule has 0 aliphatic carbocycles. The van der Waals surface area contributed by atoms with Crippen molar-refractivity contribution in [3.8, 4) is 5.75 Å². The van der Waals surface area contributed by atoms with Gasteiger partial charge in [0.1, 0.15) is 12.4 Å². The minimum absolute atomic E-state index is 0.0138. The Morgan fingerprint density at radius 2 is 2.11 bits per heavy atom. The van der Waals surface area contributed by atoms with Gasteiger partial charge in [-0.2, -0.15) is 13.2 Å². The summed E-state index contributed by atoms with van der Waals surface area (Å²) in [6, 6.07) is 4.53. The predicted molar refractivity (Wildman–Crippen MR) is 62.7 cm³/mol. The van der Waals surface area contributed by atoms with Crippen molar-refractivity contribution in [1.82, 2.24) is 0 Å². The van der Waals surface area contributed by atoms with Crippen molar-refractivity contribution in [3.63, 3.8) is 0 Å². The molecule has 0 aliphatic heterocycles. The number of benzene rings is 1. The second-order valence-corrected chi connectivity index (χ2v) is 3.49. The molecule has 19 heavy (non-hydrogen) atoms. The number of halogens is 3. The number of rotatable bonds is 5. The van der Waals surface area contributed by atoms with Gasteiger partial charge in [0.15, 0.2) is 0 Å². The van der Waals surface area contributed by atoms with E-state index in [4.69, 9.17) is 4.74 Å². The summed E-state index contributed by atoms with van der Waals surface area (Å²) in [5.74, 6) is -0.432. The van der Waals surface area contributed by atoms with E-state index in [-0.39, 0.29) is 19.0 Å².